The Morgan fingerprint density at radius 2 is 2.00 bits per heavy atom. The van der Waals surface area contributed by atoms with Crippen LogP contribution in [0.15, 0.2) is 24.3 Å². The Balaban J connectivity index is 2.12. The lowest BCUT2D eigenvalue weighted by molar-refractivity contribution is 0.194. The molecule has 0 bridgehead atoms. The molecule has 0 aliphatic carbocycles. The van der Waals surface area contributed by atoms with Crippen molar-refractivity contribution in [2.24, 2.45) is 0 Å². The highest BCUT2D eigenvalue weighted by molar-refractivity contribution is 7.14. The second-order valence-electron chi connectivity index (χ2n) is 3.21. The van der Waals surface area contributed by atoms with E-state index in [-0.39, 0.29) is 12.3 Å². The third-order valence-corrected chi connectivity index (χ3v) is 2.94. The van der Waals surface area contributed by atoms with Gasteiger partial charge < -0.3 is 15.5 Å². The molecule has 1 amide bonds. The summed E-state index contributed by atoms with van der Waals surface area (Å²) in [4.78, 5) is 10.3. The quantitative estimate of drug-likeness (QED) is 0.771. The lowest BCUT2D eigenvalue weighted by atomic mass is 10.2. The number of hydrogen-bond donors (Lipinski definition) is 3. The normalized spacial score (nSPS) is 10.1. The second-order valence-corrected chi connectivity index (χ2v) is 4.27. The molecule has 0 aliphatic heterocycles. The van der Waals surface area contributed by atoms with E-state index in [9.17, 15) is 4.79 Å². The molecule has 0 fully saturated rings. The number of amides is 1. The standard InChI is InChI=1S/C10H9N3O3S/c14-7-3-1-6(2-4-7)9-13-12-8(17-9)5-11-10(15)16/h1-4,11,14H,5H2,(H,15,16). The zero-order chi connectivity index (χ0) is 12.3. The number of nitrogens with one attached hydrogen (secondary N) is 1. The maximum Gasteiger partial charge on any atom is 0.405 e. The third-order valence-electron chi connectivity index (χ3n) is 1.97. The molecular weight excluding hydrogens is 242 g/mol. The zero-order valence-electron chi connectivity index (χ0n) is 8.62. The Labute approximate surface area is 101 Å². The van der Waals surface area contributed by atoms with Crippen molar-refractivity contribution in [3.8, 4) is 16.3 Å². The maximum atomic E-state index is 10.3. The molecule has 88 valence electrons. The molecule has 0 saturated carbocycles. The fraction of sp³-hybridized carbons (Fsp3) is 0.100. The number of hydrogen-bond acceptors (Lipinski definition) is 5. The zero-order valence-corrected chi connectivity index (χ0v) is 9.44. The van der Waals surface area contributed by atoms with Crippen molar-refractivity contribution >= 4 is 17.4 Å². The van der Waals surface area contributed by atoms with Crippen LogP contribution in [0.1, 0.15) is 5.01 Å². The molecular formula is C10H9N3O3S. The van der Waals surface area contributed by atoms with E-state index in [1.807, 2.05) is 0 Å². The summed E-state index contributed by atoms with van der Waals surface area (Å²) in [6.07, 6.45) is -1.09. The minimum absolute atomic E-state index is 0.144. The number of phenolic OH excluding ortho intramolecular Hbond substituents is 1. The number of phenols is 1. The first-order chi connectivity index (χ1) is 8.15. The number of benzene rings is 1. The summed E-state index contributed by atoms with van der Waals surface area (Å²) in [7, 11) is 0. The topological polar surface area (TPSA) is 95.3 Å². The smallest absolute Gasteiger partial charge is 0.405 e. The molecule has 0 spiro atoms. The molecule has 0 aliphatic rings. The maximum absolute atomic E-state index is 10.3. The fourth-order valence-electron chi connectivity index (χ4n) is 1.20. The summed E-state index contributed by atoms with van der Waals surface area (Å²) in [5, 5.41) is 28.9. The predicted octanol–water partition coefficient (Wildman–Crippen LogP) is 1.68. The van der Waals surface area contributed by atoms with Crippen LogP contribution in [0.25, 0.3) is 10.6 Å². The molecule has 2 aromatic rings. The molecule has 0 saturated heterocycles. The highest BCUT2D eigenvalue weighted by Gasteiger charge is 2.07. The predicted molar refractivity (Wildman–Crippen MR) is 61.9 cm³/mol. The first-order valence-electron chi connectivity index (χ1n) is 4.74. The summed E-state index contributed by atoms with van der Waals surface area (Å²) in [5.74, 6) is 0.186. The van der Waals surface area contributed by atoms with Gasteiger partial charge in [-0.2, -0.15) is 0 Å². The summed E-state index contributed by atoms with van der Waals surface area (Å²) < 4.78 is 0. The van der Waals surface area contributed by atoms with Gasteiger partial charge in [-0.15, -0.1) is 10.2 Å². The van der Waals surface area contributed by atoms with Crippen molar-refractivity contribution in [2.75, 3.05) is 0 Å². The van der Waals surface area contributed by atoms with Crippen LogP contribution < -0.4 is 5.32 Å². The summed E-state index contributed by atoms with van der Waals surface area (Å²) in [6.45, 7) is 0.144. The van der Waals surface area contributed by atoms with E-state index in [1.165, 1.54) is 11.3 Å². The van der Waals surface area contributed by atoms with Gasteiger partial charge in [0.1, 0.15) is 15.8 Å². The number of rotatable bonds is 3. The van der Waals surface area contributed by atoms with Crippen LogP contribution in [0.5, 0.6) is 5.75 Å². The van der Waals surface area contributed by atoms with Gasteiger partial charge in [0.25, 0.3) is 0 Å². The molecule has 0 radical (unpaired) electrons. The van der Waals surface area contributed by atoms with Gasteiger partial charge in [-0.3, -0.25) is 0 Å². The summed E-state index contributed by atoms with van der Waals surface area (Å²) in [5.41, 5.74) is 0.835. The molecule has 0 unspecified atom stereocenters. The average Bonchev–Trinajstić information content (AvgIpc) is 2.76. The molecule has 1 aromatic carbocycles. The molecule has 6 nitrogen and oxygen atoms in total. The molecule has 3 N–H and O–H groups in total. The Bertz CT molecular complexity index is 524. The second kappa shape index (κ2) is 4.79. The lowest BCUT2D eigenvalue weighted by Crippen LogP contribution is -2.19. The van der Waals surface area contributed by atoms with Gasteiger partial charge in [0.05, 0.1) is 6.54 Å². The number of aromatic hydroxyl groups is 1. The molecule has 7 heteroatoms. The van der Waals surface area contributed by atoms with Crippen LogP contribution >= 0.6 is 11.3 Å². The van der Waals surface area contributed by atoms with Crippen molar-refractivity contribution in [1.82, 2.24) is 15.5 Å². The van der Waals surface area contributed by atoms with Crippen LogP contribution in [0, 0.1) is 0 Å². The minimum atomic E-state index is -1.09. The molecule has 0 atom stereocenters. The van der Waals surface area contributed by atoms with E-state index in [1.54, 1.807) is 24.3 Å². The number of carbonyl (C=O) groups is 1. The monoisotopic (exact) mass is 251 g/mol. The van der Waals surface area contributed by atoms with Gasteiger partial charge in [-0.25, -0.2) is 4.79 Å². The molecule has 2 rings (SSSR count). The first-order valence-corrected chi connectivity index (χ1v) is 5.55. The van der Waals surface area contributed by atoms with Gasteiger partial charge >= 0.3 is 6.09 Å². The number of aromatic nitrogens is 2. The van der Waals surface area contributed by atoms with Crippen LogP contribution in [0.2, 0.25) is 0 Å². The molecule has 1 heterocycles. The van der Waals surface area contributed by atoms with E-state index >= 15 is 0 Å². The Kier molecular flexibility index (Phi) is 3.20. The SMILES string of the molecule is O=C(O)NCc1nnc(-c2ccc(O)cc2)s1. The van der Waals surface area contributed by atoms with Crippen molar-refractivity contribution in [2.45, 2.75) is 6.54 Å². The largest absolute Gasteiger partial charge is 0.508 e. The van der Waals surface area contributed by atoms with E-state index in [2.05, 4.69) is 15.5 Å². The molecule has 1 aromatic heterocycles. The van der Waals surface area contributed by atoms with E-state index < -0.39 is 6.09 Å². The van der Waals surface area contributed by atoms with Crippen molar-refractivity contribution in [1.29, 1.82) is 0 Å². The lowest BCUT2D eigenvalue weighted by Gasteiger charge is -1.95. The van der Waals surface area contributed by atoms with Crippen LogP contribution in [0.4, 0.5) is 4.79 Å². The Hall–Kier alpha value is -2.15. The van der Waals surface area contributed by atoms with Crippen LogP contribution in [-0.4, -0.2) is 26.5 Å². The number of nitrogens with zero attached hydrogens (tertiary/aromatic N) is 2. The first kappa shape index (κ1) is 11.3. The Morgan fingerprint density at radius 1 is 1.29 bits per heavy atom. The van der Waals surface area contributed by atoms with Gasteiger partial charge in [0, 0.05) is 5.56 Å². The molecule has 17 heavy (non-hydrogen) atoms. The third kappa shape index (κ3) is 2.91. The van der Waals surface area contributed by atoms with Gasteiger partial charge in [-0.05, 0) is 24.3 Å². The van der Waals surface area contributed by atoms with Crippen LogP contribution in [-0.2, 0) is 6.54 Å². The van der Waals surface area contributed by atoms with Crippen molar-refractivity contribution in [3.05, 3.63) is 29.3 Å². The van der Waals surface area contributed by atoms with Crippen molar-refractivity contribution in [3.63, 3.8) is 0 Å². The minimum Gasteiger partial charge on any atom is -0.508 e. The van der Waals surface area contributed by atoms with Gasteiger partial charge in [0.2, 0.25) is 0 Å². The van der Waals surface area contributed by atoms with E-state index in [0.29, 0.717) is 10.0 Å². The summed E-state index contributed by atoms with van der Waals surface area (Å²) in [6, 6.07) is 6.58. The van der Waals surface area contributed by atoms with Gasteiger partial charge in [0.15, 0.2) is 0 Å². The average molecular weight is 251 g/mol. The van der Waals surface area contributed by atoms with E-state index in [0.717, 1.165) is 5.56 Å². The summed E-state index contributed by atoms with van der Waals surface area (Å²) >= 11 is 1.30. The van der Waals surface area contributed by atoms with Crippen molar-refractivity contribution < 1.29 is 15.0 Å². The highest BCUT2D eigenvalue weighted by atomic mass is 32.1. The van der Waals surface area contributed by atoms with Crippen LogP contribution in [0.3, 0.4) is 0 Å². The fourth-order valence-corrected chi connectivity index (χ4v) is 1.98. The van der Waals surface area contributed by atoms with Gasteiger partial charge in [-0.1, -0.05) is 11.3 Å². The van der Waals surface area contributed by atoms with E-state index in [4.69, 9.17) is 10.2 Å². The highest BCUT2D eigenvalue weighted by Crippen LogP contribution is 2.24. The Morgan fingerprint density at radius 3 is 2.65 bits per heavy atom. The number of carboxylic acid groups (broad SMARTS) is 1.